The van der Waals surface area contributed by atoms with Crippen molar-refractivity contribution in [2.24, 2.45) is 15.9 Å². The van der Waals surface area contributed by atoms with Gasteiger partial charge in [-0.15, -0.1) is 0 Å². The number of methoxy groups -OCH3 is 1. The minimum Gasteiger partial charge on any atom is -0.496 e. The molecule has 14 heteroatoms. The van der Waals surface area contributed by atoms with E-state index in [1.165, 1.54) is 6.42 Å². The van der Waals surface area contributed by atoms with Gasteiger partial charge in [0.2, 0.25) is 17.4 Å². The fraction of sp³-hybridized carbons (Fsp3) is 0.485. The Balaban J connectivity index is 1.20. The highest BCUT2D eigenvalue weighted by Gasteiger charge is 2.48. The van der Waals surface area contributed by atoms with Crippen LogP contribution in [0.2, 0.25) is 0 Å². The van der Waals surface area contributed by atoms with E-state index in [-0.39, 0.29) is 36.2 Å². The van der Waals surface area contributed by atoms with Crippen LogP contribution in [0.5, 0.6) is 17.2 Å². The summed E-state index contributed by atoms with van der Waals surface area (Å²) in [5, 5.41) is 25.4. The van der Waals surface area contributed by atoms with Crippen LogP contribution >= 0.6 is 0 Å². The second-order valence-electron chi connectivity index (χ2n) is 12.8. The molecule has 248 valence electrons. The lowest BCUT2D eigenvalue weighted by Gasteiger charge is -2.39. The van der Waals surface area contributed by atoms with Crippen LogP contribution in [0.3, 0.4) is 0 Å². The van der Waals surface area contributed by atoms with Crippen molar-refractivity contribution in [3.8, 4) is 17.2 Å². The Labute approximate surface area is 272 Å². The van der Waals surface area contributed by atoms with Crippen molar-refractivity contribution in [1.82, 2.24) is 10.6 Å². The van der Waals surface area contributed by atoms with Gasteiger partial charge in [-0.05, 0) is 50.3 Å². The maximum absolute atomic E-state index is 12.9. The van der Waals surface area contributed by atoms with Gasteiger partial charge >= 0.3 is 12.3 Å². The number of carbonyl (C=O) groups excluding carboxylic acids is 2. The lowest BCUT2D eigenvalue weighted by Crippen LogP contribution is -3.36. The predicted octanol–water partition coefficient (Wildman–Crippen LogP) is -0.444. The highest BCUT2D eigenvalue weighted by Crippen LogP contribution is 2.51. The van der Waals surface area contributed by atoms with Gasteiger partial charge in [-0.3, -0.25) is 20.8 Å². The summed E-state index contributed by atoms with van der Waals surface area (Å²) in [5.74, 6) is 0.960. The Kier molecular flexibility index (Phi) is 8.10. The first kappa shape index (κ1) is 31.1. The maximum atomic E-state index is 12.9. The van der Waals surface area contributed by atoms with E-state index in [4.69, 9.17) is 24.4 Å². The van der Waals surface area contributed by atoms with Crippen LogP contribution in [0.15, 0.2) is 46.4 Å². The quantitative estimate of drug-likeness (QED) is 0.206. The number of amides is 1. The van der Waals surface area contributed by atoms with E-state index in [1.54, 1.807) is 26.2 Å². The number of ether oxygens (including phenoxy) is 4. The molecule has 1 aromatic rings. The Hall–Kier alpha value is -4.53. The van der Waals surface area contributed by atoms with Crippen molar-refractivity contribution < 1.29 is 43.4 Å². The van der Waals surface area contributed by atoms with Crippen molar-refractivity contribution in [3.63, 3.8) is 0 Å². The highest BCUT2D eigenvalue weighted by atomic mass is 16.6. The Bertz CT molecular complexity index is 1670. The molecule has 5 atom stereocenters. The van der Waals surface area contributed by atoms with E-state index in [2.05, 4.69) is 20.6 Å². The van der Waals surface area contributed by atoms with Gasteiger partial charge in [0.1, 0.15) is 41.7 Å². The molecule has 1 fully saturated rings. The first-order chi connectivity index (χ1) is 22.7. The third kappa shape index (κ3) is 5.49. The molecule has 47 heavy (non-hydrogen) atoms. The normalized spacial score (nSPS) is 28.4. The van der Waals surface area contributed by atoms with E-state index in [0.29, 0.717) is 53.9 Å². The molecular formula is C33H41N7O7+2. The summed E-state index contributed by atoms with van der Waals surface area (Å²) in [4.78, 5) is 35.8. The van der Waals surface area contributed by atoms with Gasteiger partial charge in [0.25, 0.3) is 11.7 Å². The standard InChI is InChI=1S/C33H39N7O7/c1-4-45-30(42)23-14-18(10-12-39-13-11-35-32(39)40-17-36-26-28(40)37-31(34)38-29(26)41)25-22(46-23)16-21-20(27(25)44-3)15-24(47-21)33(2,43)19-8-6-5-7-9-19/h10-11,13-14,16,19,24,32,35,43H,4-9,12,15,17H2,1-3H3,(H2,34,38,41)/p+2/b18-10+/t24-,32?,33+/m0/s1. The summed E-state index contributed by atoms with van der Waals surface area (Å²) in [6, 6.07) is 1.78. The number of quaternary nitrogens is 2. The summed E-state index contributed by atoms with van der Waals surface area (Å²) in [6.45, 7) is 4.58. The zero-order valence-corrected chi connectivity index (χ0v) is 26.8. The molecule has 1 amide bonds. The topological polar surface area (TPSA) is 173 Å². The van der Waals surface area contributed by atoms with Crippen LogP contribution in [0.4, 0.5) is 0 Å². The average Bonchev–Trinajstić information content (AvgIpc) is 3.81. The molecule has 6 N–H and O–H groups in total. The fourth-order valence-electron chi connectivity index (χ4n) is 7.51. The third-order valence-corrected chi connectivity index (χ3v) is 9.97. The smallest absolute Gasteiger partial charge is 0.374 e. The van der Waals surface area contributed by atoms with Gasteiger partial charge < -0.3 is 24.1 Å². The van der Waals surface area contributed by atoms with E-state index < -0.39 is 23.6 Å². The van der Waals surface area contributed by atoms with Crippen LogP contribution < -0.4 is 34.6 Å². The number of guanidine groups is 1. The molecule has 5 aliphatic heterocycles. The summed E-state index contributed by atoms with van der Waals surface area (Å²) in [5.41, 5.74) is 1.48. The van der Waals surface area contributed by atoms with Crippen molar-refractivity contribution in [1.29, 1.82) is 5.41 Å². The summed E-state index contributed by atoms with van der Waals surface area (Å²) in [6.07, 6.45) is 12.6. The van der Waals surface area contributed by atoms with Crippen molar-refractivity contribution in [2.45, 2.75) is 70.4 Å². The molecule has 7 rings (SSSR count). The van der Waals surface area contributed by atoms with Gasteiger partial charge in [-0.1, -0.05) is 19.3 Å². The number of rotatable bonds is 8. The Morgan fingerprint density at radius 2 is 2.09 bits per heavy atom. The number of carbonyl (C=O) groups is 2. The monoisotopic (exact) mass is 647 g/mol. The van der Waals surface area contributed by atoms with Crippen molar-refractivity contribution >= 4 is 35.0 Å². The van der Waals surface area contributed by atoms with Crippen molar-refractivity contribution in [2.75, 3.05) is 26.9 Å². The lowest BCUT2D eigenvalue weighted by atomic mass is 9.74. The number of hydrogen-bond donors (Lipinski definition) is 6. The SMILES string of the molecule is CCOC(=O)C1=C/C(=C\C[NH+]2C=CNC2[NH+]2CN=C3C(=O)NC(=N)N=C32)c2c(cc3c(c2OC)C[C@@H]([C@](C)(O)C2CCCCC2)O3)O1. The lowest BCUT2D eigenvalue weighted by molar-refractivity contribution is -1.05. The third-order valence-electron chi connectivity index (χ3n) is 9.97. The summed E-state index contributed by atoms with van der Waals surface area (Å²) in [7, 11) is 1.60. The summed E-state index contributed by atoms with van der Waals surface area (Å²) < 4.78 is 23.9. The predicted molar refractivity (Wildman–Crippen MR) is 170 cm³/mol. The fourth-order valence-corrected chi connectivity index (χ4v) is 7.51. The number of esters is 1. The molecule has 0 aromatic heterocycles. The van der Waals surface area contributed by atoms with Crippen LogP contribution in [0.25, 0.3) is 5.57 Å². The van der Waals surface area contributed by atoms with Gasteiger partial charge in [0.05, 0.1) is 25.5 Å². The number of hydrogen-bond acceptors (Lipinski definition) is 10. The maximum Gasteiger partial charge on any atom is 0.374 e. The number of nitrogens with zero attached hydrogens (tertiary/aromatic N) is 2. The molecule has 0 radical (unpaired) electrons. The molecule has 3 unspecified atom stereocenters. The molecule has 14 nitrogen and oxygen atoms in total. The molecule has 5 heterocycles. The number of amidine groups is 1. The molecule has 1 saturated carbocycles. The van der Waals surface area contributed by atoms with Crippen molar-refractivity contribution in [3.05, 3.63) is 47.5 Å². The number of nitrogens with one attached hydrogen (secondary N) is 5. The van der Waals surface area contributed by atoms with Crippen LogP contribution in [-0.2, 0) is 20.7 Å². The zero-order chi connectivity index (χ0) is 32.9. The van der Waals surface area contributed by atoms with Crippen LogP contribution in [0.1, 0.15) is 57.1 Å². The molecule has 0 saturated heterocycles. The largest absolute Gasteiger partial charge is 0.496 e. The first-order valence-corrected chi connectivity index (χ1v) is 16.3. The molecule has 0 spiro atoms. The van der Waals surface area contributed by atoms with E-state index in [9.17, 15) is 14.7 Å². The number of aliphatic imine (C=N–C) groups is 2. The van der Waals surface area contributed by atoms with E-state index >= 15 is 0 Å². The minimum absolute atomic E-state index is 0.0438. The average molecular weight is 648 g/mol. The Morgan fingerprint density at radius 1 is 1.28 bits per heavy atom. The number of allylic oxidation sites excluding steroid dienone is 2. The molecule has 1 aliphatic carbocycles. The van der Waals surface area contributed by atoms with Crippen LogP contribution in [-0.4, -0.2) is 79.4 Å². The van der Waals surface area contributed by atoms with Gasteiger partial charge in [-0.25, -0.2) is 14.7 Å². The highest BCUT2D eigenvalue weighted by molar-refractivity contribution is 6.68. The number of benzene rings is 1. The second kappa shape index (κ2) is 12.2. The van der Waals surface area contributed by atoms with E-state index in [1.807, 2.05) is 25.4 Å². The summed E-state index contributed by atoms with van der Waals surface area (Å²) >= 11 is 0. The van der Waals surface area contributed by atoms with Gasteiger partial charge in [-0.2, -0.15) is 9.89 Å². The van der Waals surface area contributed by atoms with Gasteiger partial charge in [0.15, 0.2) is 6.67 Å². The molecule has 1 aromatic carbocycles. The molecule has 6 aliphatic rings. The minimum atomic E-state index is -1.02. The van der Waals surface area contributed by atoms with E-state index in [0.717, 1.165) is 41.0 Å². The Morgan fingerprint density at radius 3 is 2.85 bits per heavy atom. The van der Waals surface area contributed by atoms with Gasteiger partial charge in [0, 0.05) is 18.1 Å². The second-order valence-corrected chi connectivity index (χ2v) is 12.8. The molecular weight excluding hydrogens is 606 g/mol. The number of fused-ring (bicyclic) bond motifs is 3. The molecule has 0 bridgehead atoms. The van der Waals surface area contributed by atoms with Crippen LogP contribution in [0, 0.1) is 11.3 Å². The number of aliphatic hydroxyl groups is 1. The zero-order valence-electron chi connectivity index (χ0n) is 26.8. The first-order valence-electron chi connectivity index (χ1n) is 16.3.